The van der Waals surface area contributed by atoms with Gasteiger partial charge in [0.1, 0.15) is 5.75 Å². The van der Waals surface area contributed by atoms with Gasteiger partial charge in [-0.2, -0.15) is 0 Å². The van der Waals surface area contributed by atoms with Crippen LogP contribution in [0.15, 0.2) is 46.9 Å². The van der Waals surface area contributed by atoms with E-state index in [-0.39, 0.29) is 5.75 Å². The summed E-state index contributed by atoms with van der Waals surface area (Å²) in [7, 11) is 0. The second-order valence-electron chi connectivity index (χ2n) is 3.90. The van der Waals surface area contributed by atoms with E-state index in [2.05, 4.69) is 15.9 Å². The molecule has 1 atom stereocenters. The van der Waals surface area contributed by atoms with E-state index in [9.17, 15) is 9.50 Å². The summed E-state index contributed by atoms with van der Waals surface area (Å²) >= 11 is 3.34. The molecule has 2 aromatic carbocycles. The van der Waals surface area contributed by atoms with Crippen LogP contribution in [0.5, 0.6) is 11.5 Å². The summed E-state index contributed by atoms with van der Waals surface area (Å²) in [6.07, 6.45) is -0.552. The van der Waals surface area contributed by atoms with Crippen molar-refractivity contribution in [2.45, 2.75) is 13.0 Å². The van der Waals surface area contributed by atoms with Gasteiger partial charge in [-0.05, 0) is 52.7 Å². The highest BCUT2D eigenvalue weighted by Crippen LogP contribution is 2.32. The predicted octanol–water partition coefficient (Wildman–Crippen LogP) is 4.43. The molecular weight excluding hydrogens is 299 g/mol. The molecular formula is C14H12BrFO2. The van der Waals surface area contributed by atoms with Gasteiger partial charge in [-0.25, -0.2) is 4.39 Å². The maximum Gasteiger partial charge on any atom is 0.165 e. The third kappa shape index (κ3) is 2.89. The molecule has 2 nitrogen and oxygen atoms in total. The highest BCUT2D eigenvalue weighted by atomic mass is 79.9. The van der Waals surface area contributed by atoms with Gasteiger partial charge < -0.3 is 9.84 Å². The SMILES string of the molecule is C[C@H](O)c1ccc(Oc2ccccc2F)c(Br)c1. The van der Waals surface area contributed by atoms with E-state index in [1.165, 1.54) is 6.07 Å². The third-order valence-corrected chi connectivity index (χ3v) is 3.11. The maximum absolute atomic E-state index is 13.4. The average Bonchev–Trinajstić information content (AvgIpc) is 2.34. The molecule has 0 aromatic heterocycles. The van der Waals surface area contributed by atoms with E-state index < -0.39 is 11.9 Å². The Morgan fingerprint density at radius 3 is 2.50 bits per heavy atom. The Morgan fingerprint density at radius 1 is 1.17 bits per heavy atom. The van der Waals surface area contributed by atoms with Crippen LogP contribution in [0.2, 0.25) is 0 Å². The lowest BCUT2D eigenvalue weighted by molar-refractivity contribution is 0.199. The first-order valence-corrected chi connectivity index (χ1v) is 6.27. The largest absolute Gasteiger partial charge is 0.453 e. The van der Waals surface area contributed by atoms with Crippen LogP contribution in [-0.4, -0.2) is 5.11 Å². The van der Waals surface area contributed by atoms with Crippen molar-refractivity contribution in [1.29, 1.82) is 0 Å². The second kappa shape index (κ2) is 5.50. The van der Waals surface area contributed by atoms with Crippen molar-refractivity contribution in [3.05, 3.63) is 58.3 Å². The molecule has 0 aliphatic rings. The van der Waals surface area contributed by atoms with Crippen molar-refractivity contribution < 1.29 is 14.2 Å². The number of benzene rings is 2. The molecule has 0 spiro atoms. The number of hydrogen-bond acceptors (Lipinski definition) is 2. The number of rotatable bonds is 3. The lowest BCUT2D eigenvalue weighted by Gasteiger charge is -2.11. The Balaban J connectivity index is 2.28. The van der Waals surface area contributed by atoms with Crippen LogP contribution in [-0.2, 0) is 0 Å². The maximum atomic E-state index is 13.4. The number of halogens is 2. The molecule has 0 saturated heterocycles. The van der Waals surface area contributed by atoms with Crippen molar-refractivity contribution in [3.8, 4) is 11.5 Å². The van der Waals surface area contributed by atoms with Crippen LogP contribution in [0.1, 0.15) is 18.6 Å². The molecule has 0 bridgehead atoms. The smallest absolute Gasteiger partial charge is 0.165 e. The normalized spacial score (nSPS) is 12.2. The van der Waals surface area contributed by atoms with Crippen molar-refractivity contribution in [1.82, 2.24) is 0 Å². The Morgan fingerprint density at radius 2 is 1.89 bits per heavy atom. The molecule has 0 unspecified atom stereocenters. The lowest BCUT2D eigenvalue weighted by Crippen LogP contribution is -1.93. The third-order valence-electron chi connectivity index (χ3n) is 2.49. The monoisotopic (exact) mass is 310 g/mol. The molecule has 94 valence electrons. The molecule has 2 aromatic rings. The Bertz CT molecular complexity index is 555. The van der Waals surface area contributed by atoms with Gasteiger partial charge in [0.2, 0.25) is 0 Å². The average molecular weight is 311 g/mol. The van der Waals surface area contributed by atoms with Crippen LogP contribution >= 0.6 is 15.9 Å². The Hall–Kier alpha value is -1.39. The van der Waals surface area contributed by atoms with Gasteiger partial charge >= 0.3 is 0 Å². The topological polar surface area (TPSA) is 29.5 Å². The molecule has 0 aliphatic heterocycles. The van der Waals surface area contributed by atoms with Crippen molar-refractivity contribution >= 4 is 15.9 Å². The van der Waals surface area contributed by atoms with Gasteiger partial charge in [-0.1, -0.05) is 18.2 Å². The first-order chi connectivity index (χ1) is 8.58. The molecule has 0 saturated carbocycles. The quantitative estimate of drug-likeness (QED) is 0.908. The summed E-state index contributed by atoms with van der Waals surface area (Å²) in [6.45, 7) is 1.68. The number of para-hydroxylation sites is 1. The van der Waals surface area contributed by atoms with Crippen LogP contribution in [0.3, 0.4) is 0 Å². The highest BCUT2D eigenvalue weighted by Gasteiger charge is 2.09. The van der Waals surface area contributed by atoms with E-state index >= 15 is 0 Å². The van der Waals surface area contributed by atoms with Gasteiger partial charge in [-0.3, -0.25) is 0 Å². The van der Waals surface area contributed by atoms with Gasteiger partial charge in [0.15, 0.2) is 11.6 Å². The fourth-order valence-corrected chi connectivity index (χ4v) is 1.98. The first-order valence-electron chi connectivity index (χ1n) is 5.48. The van der Waals surface area contributed by atoms with Crippen molar-refractivity contribution in [2.75, 3.05) is 0 Å². The minimum absolute atomic E-state index is 0.169. The number of aliphatic hydroxyl groups is 1. The van der Waals surface area contributed by atoms with Crippen molar-refractivity contribution in [2.24, 2.45) is 0 Å². The molecule has 18 heavy (non-hydrogen) atoms. The van der Waals surface area contributed by atoms with Crippen LogP contribution < -0.4 is 4.74 Å². The molecule has 0 amide bonds. The minimum Gasteiger partial charge on any atom is -0.453 e. The summed E-state index contributed by atoms with van der Waals surface area (Å²) in [5.74, 6) is 0.261. The zero-order valence-electron chi connectivity index (χ0n) is 9.73. The van der Waals surface area contributed by atoms with E-state index in [1.807, 2.05) is 0 Å². The Kier molecular flexibility index (Phi) is 3.99. The molecule has 0 radical (unpaired) electrons. The molecule has 1 N–H and O–H groups in total. The summed E-state index contributed by atoms with van der Waals surface area (Å²) in [4.78, 5) is 0. The van der Waals surface area contributed by atoms with E-state index in [1.54, 1.807) is 43.3 Å². The first kappa shape index (κ1) is 13.1. The van der Waals surface area contributed by atoms with Crippen LogP contribution in [0, 0.1) is 5.82 Å². The zero-order chi connectivity index (χ0) is 13.1. The summed E-state index contributed by atoms with van der Waals surface area (Å²) in [5.41, 5.74) is 0.766. The Labute approximate surface area is 113 Å². The second-order valence-corrected chi connectivity index (χ2v) is 4.75. The number of ether oxygens (including phenoxy) is 1. The van der Waals surface area contributed by atoms with E-state index in [0.29, 0.717) is 10.2 Å². The number of aliphatic hydroxyl groups excluding tert-OH is 1. The molecule has 0 fully saturated rings. The van der Waals surface area contributed by atoms with E-state index in [0.717, 1.165) is 5.56 Å². The highest BCUT2D eigenvalue weighted by molar-refractivity contribution is 9.10. The predicted molar refractivity (Wildman–Crippen MR) is 71.2 cm³/mol. The van der Waals surface area contributed by atoms with Gasteiger partial charge in [0.05, 0.1) is 10.6 Å². The molecule has 0 heterocycles. The minimum atomic E-state index is -0.552. The summed E-state index contributed by atoms with van der Waals surface area (Å²) in [5, 5.41) is 9.45. The molecule has 4 heteroatoms. The summed E-state index contributed by atoms with van der Waals surface area (Å²) in [6, 6.07) is 11.4. The zero-order valence-corrected chi connectivity index (χ0v) is 11.3. The fraction of sp³-hybridized carbons (Fsp3) is 0.143. The van der Waals surface area contributed by atoms with Crippen LogP contribution in [0.4, 0.5) is 4.39 Å². The van der Waals surface area contributed by atoms with Gasteiger partial charge in [-0.15, -0.1) is 0 Å². The standard InChI is InChI=1S/C14H12BrFO2/c1-9(17)10-6-7-13(11(15)8-10)18-14-5-3-2-4-12(14)16/h2-9,17H,1H3/t9-/m0/s1. The summed E-state index contributed by atoms with van der Waals surface area (Å²) < 4.78 is 19.6. The number of hydrogen-bond donors (Lipinski definition) is 1. The van der Waals surface area contributed by atoms with Gasteiger partial charge in [0, 0.05) is 0 Å². The van der Waals surface area contributed by atoms with Crippen LogP contribution in [0.25, 0.3) is 0 Å². The lowest BCUT2D eigenvalue weighted by atomic mass is 10.1. The molecule has 2 rings (SSSR count). The molecule has 0 aliphatic carbocycles. The van der Waals surface area contributed by atoms with Gasteiger partial charge in [0.25, 0.3) is 0 Å². The van der Waals surface area contributed by atoms with Crippen molar-refractivity contribution in [3.63, 3.8) is 0 Å². The fourth-order valence-electron chi connectivity index (χ4n) is 1.51. The van der Waals surface area contributed by atoms with E-state index in [4.69, 9.17) is 4.74 Å².